The Morgan fingerprint density at radius 2 is 1.88 bits per heavy atom. The summed E-state index contributed by atoms with van der Waals surface area (Å²) >= 11 is 0. The molecule has 0 atom stereocenters. The van der Waals surface area contributed by atoms with E-state index in [-0.39, 0.29) is 5.56 Å². The lowest BCUT2D eigenvalue weighted by molar-refractivity contribution is 0.241. The molecule has 1 aromatic carbocycles. The number of aromatic amines is 1. The molecule has 1 saturated heterocycles. The maximum absolute atomic E-state index is 12.6. The van der Waals surface area contributed by atoms with Crippen LogP contribution in [0.2, 0.25) is 0 Å². The molecule has 0 bridgehead atoms. The summed E-state index contributed by atoms with van der Waals surface area (Å²) < 4.78 is 0. The standard InChI is InChI=1S/C18H23N5O/c24-17-15-13-22(12-14-4-2-1-3-5-14)9-6-16(15)20-18(21-17)23-10-7-19-8-11-23/h1-5,19H,6-13H2,(H,20,21,24). The molecular formula is C18H23N5O. The topological polar surface area (TPSA) is 64.3 Å². The molecule has 2 aliphatic rings. The van der Waals surface area contributed by atoms with E-state index in [1.807, 2.05) is 6.07 Å². The van der Waals surface area contributed by atoms with E-state index in [0.717, 1.165) is 62.9 Å². The Bertz CT molecular complexity index is 752. The van der Waals surface area contributed by atoms with Crippen molar-refractivity contribution in [1.29, 1.82) is 0 Å². The highest BCUT2D eigenvalue weighted by Gasteiger charge is 2.23. The summed E-state index contributed by atoms with van der Waals surface area (Å²) in [5.74, 6) is 0.733. The van der Waals surface area contributed by atoms with Crippen LogP contribution in [0.25, 0.3) is 0 Å². The van der Waals surface area contributed by atoms with Crippen LogP contribution in [0.5, 0.6) is 0 Å². The lowest BCUT2D eigenvalue weighted by atomic mass is 10.1. The summed E-state index contributed by atoms with van der Waals surface area (Å²) in [5.41, 5.74) is 3.10. The molecule has 6 nitrogen and oxygen atoms in total. The van der Waals surface area contributed by atoms with Crippen LogP contribution in [0.1, 0.15) is 16.8 Å². The van der Waals surface area contributed by atoms with E-state index in [0.29, 0.717) is 6.54 Å². The minimum Gasteiger partial charge on any atom is -0.340 e. The monoisotopic (exact) mass is 325 g/mol. The molecule has 0 unspecified atom stereocenters. The van der Waals surface area contributed by atoms with Crippen molar-refractivity contribution >= 4 is 5.95 Å². The van der Waals surface area contributed by atoms with E-state index in [2.05, 4.69) is 44.4 Å². The van der Waals surface area contributed by atoms with E-state index < -0.39 is 0 Å². The summed E-state index contributed by atoms with van der Waals surface area (Å²) in [6.07, 6.45) is 0.838. The number of hydrogen-bond donors (Lipinski definition) is 2. The SMILES string of the molecule is O=c1[nH]c(N2CCNCC2)nc2c1CN(Cc1ccccc1)CC2. The highest BCUT2D eigenvalue weighted by molar-refractivity contribution is 5.35. The van der Waals surface area contributed by atoms with E-state index in [1.165, 1.54) is 5.56 Å². The molecule has 0 spiro atoms. The summed E-state index contributed by atoms with van der Waals surface area (Å²) in [6, 6.07) is 10.4. The van der Waals surface area contributed by atoms with Gasteiger partial charge in [0.25, 0.3) is 5.56 Å². The number of anilines is 1. The van der Waals surface area contributed by atoms with Gasteiger partial charge in [0.05, 0.1) is 11.3 Å². The van der Waals surface area contributed by atoms with Crippen molar-refractivity contribution in [2.45, 2.75) is 19.5 Å². The molecule has 0 amide bonds. The number of fused-ring (bicyclic) bond motifs is 1. The Morgan fingerprint density at radius 3 is 2.67 bits per heavy atom. The van der Waals surface area contributed by atoms with Crippen molar-refractivity contribution in [2.24, 2.45) is 0 Å². The van der Waals surface area contributed by atoms with Gasteiger partial charge in [-0.2, -0.15) is 0 Å². The normalized spacial score (nSPS) is 18.4. The fourth-order valence-electron chi connectivity index (χ4n) is 3.47. The van der Waals surface area contributed by atoms with E-state index in [9.17, 15) is 4.79 Å². The largest absolute Gasteiger partial charge is 0.340 e. The Balaban J connectivity index is 1.53. The first-order valence-electron chi connectivity index (χ1n) is 8.63. The molecule has 0 radical (unpaired) electrons. The van der Waals surface area contributed by atoms with Crippen LogP contribution in [-0.2, 0) is 19.5 Å². The molecule has 0 aliphatic carbocycles. The van der Waals surface area contributed by atoms with Crippen LogP contribution in [-0.4, -0.2) is 47.6 Å². The third-order valence-electron chi connectivity index (χ3n) is 4.80. The van der Waals surface area contributed by atoms with E-state index in [1.54, 1.807) is 0 Å². The van der Waals surface area contributed by atoms with Crippen molar-refractivity contribution in [3.05, 3.63) is 57.5 Å². The van der Waals surface area contributed by atoms with Gasteiger partial charge in [-0.05, 0) is 5.56 Å². The number of rotatable bonds is 3. The number of nitrogens with one attached hydrogen (secondary N) is 2. The number of aromatic nitrogens is 2. The maximum atomic E-state index is 12.6. The third-order valence-corrected chi connectivity index (χ3v) is 4.80. The fourth-order valence-corrected chi connectivity index (χ4v) is 3.47. The Hall–Kier alpha value is -2.18. The van der Waals surface area contributed by atoms with Gasteiger partial charge in [0, 0.05) is 52.2 Å². The second kappa shape index (κ2) is 6.75. The molecule has 0 saturated carbocycles. The van der Waals surface area contributed by atoms with Crippen LogP contribution in [0.3, 0.4) is 0 Å². The first-order chi connectivity index (χ1) is 11.8. The number of benzene rings is 1. The van der Waals surface area contributed by atoms with Gasteiger partial charge < -0.3 is 10.2 Å². The van der Waals surface area contributed by atoms with Gasteiger partial charge in [0.2, 0.25) is 5.95 Å². The highest BCUT2D eigenvalue weighted by Crippen LogP contribution is 2.18. The second-order valence-electron chi connectivity index (χ2n) is 6.50. The van der Waals surface area contributed by atoms with Crippen LogP contribution < -0.4 is 15.8 Å². The smallest absolute Gasteiger partial charge is 0.257 e. The number of H-pyrrole nitrogens is 1. The zero-order chi connectivity index (χ0) is 16.4. The van der Waals surface area contributed by atoms with Gasteiger partial charge in [-0.1, -0.05) is 30.3 Å². The number of piperazine rings is 1. The molecule has 1 fully saturated rings. The van der Waals surface area contributed by atoms with Gasteiger partial charge in [0.15, 0.2) is 0 Å². The number of hydrogen-bond acceptors (Lipinski definition) is 5. The first kappa shape index (κ1) is 15.4. The van der Waals surface area contributed by atoms with Crippen LogP contribution in [0.15, 0.2) is 35.1 Å². The van der Waals surface area contributed by atoms with Crippen molar-refractivity contribution in [3.63, 3.8) is 0 Å². The van der Waals surface area contributed by atoms with E-state index in [4.69, 9.17) is 4.98 Å². The molecule has 2 N–H and O–H groups in total. The van der Waals surface area contributed by atoms with Crippen molar-refractivity contribution in [1.82, 2.24) is 20.2 Å². The third kappa shape index (κ3) is 3.20. The maximum Gasteiger partial charge on any atom is 0.257 e. The summed E-state index contributed by atoms with van der Waals surface area (Å²) in [5, 5.41) is 3.32. The molecule has 4 rings (SSSR count). The Labute approximate surface area is 141 Å². The van der Waals surface area contributed by atoms with Crippen LogP contribution in [0.4, 0.5) is 5.95 Å². The average molecular weight is 325 g/mol. The Kier molecular flexibility index (Phi) is 4.32. The van der Waals surface area contributed by atoms with Gasteiger partial charge >= 0.3 is 0 Å². The van der Waals surface area contributed by atoms with Crippen LogP contribution in [0, 0.1) is 0 Å². The van der Waals surface area contributed by atoms with E-state index >= 15 is 0 Å². The predicted octanol–water partition coefficient (Wildman–Crippen LogP) is 0.738. The molecule has 3 heterocycles. The second-order valence-corrected chi connectivity index (χ2v) is 6.50. The van der Waals surface area contributed by atoms with Crippen LogP contribution >= 0.6 is 0 Å². The molecule has 1 aromatic heterocycles. The molecule has 6 heteroatoms. The fraction of sp³-hybridized carbons (Fsp3) is 0.444. The summed E-state index contributed by atoms with van der Waals surface area (Å²) in [4.78, 5) is 24.8. The quantitative estimate of drug-likeness (QED) is 0.871. The highest BCUT2D eigenvalue weighted by atomic mass is 16.1. The molecular weight excluding hydrogens is 302 g/mol. The summed E-state index contributed by atoms with van der Waals surface area (Å²) in [7, 11) is 0. The first-order valence-corrected chi connectivity index (χ1v) is 8.63. The Morgan fingerprint density at radius 1 is 1.08 bits per heavy atom. The average Bonchev–Trinajstić information content (AvgIpc) is 2.64. The van der Waals surface area contributed by atoms with Gasteiger partial charge in [-0.3, -0.25) is 14.7 Å². The van der Waals surface area contributed by atoms with Crippen molar-refractivity contribution in [3.8, 4) is 0 Å². The van der Waals surface area contributed by atoms with Crippen molar-refractivity contribution in [2.75, 3.05) is 37.6 Å². The number of nitrogens with zero attached hydrogens (tertiary/aromatic N) is 3. The minimum absolute atomic E-state index is 0.0197. The predicted molar refractivity (Wildman–Crippen MR) is 94.2 cm³/mol. The molecule has 24 heavy (non-hydrogen) atoms. The molecule has 126 valence electrons. The lowest BCUT2D eigenvalue weighted by Crippen LogP contribution is -2.45. The minimum atomic E-state index is 0.0197. The molecule has 2 aliphatic heterocycles. The van der Waals surface area contributed by atoms with Crippen molar-refractivity contribution < 1.29 is 0 Å². The summed E-state index contributed by atoms with van der Waals surface area (Å²) in [6.45, 7) is 6.15. The van der Waals surface area contributed by atoms with Gasteiger partial charge in [-0.25, -0.2) is 4.98 Å². The molecule has 2 aromatic rings. The lowest BCUT2D eigenvalue weighted by Gasteiger charge is -2.31. The van der Waals surface area contributed by atoms with Gasteiger partial charge in [-0.15, -0.1) is 0 Å². The van der Waals surface area contributed by atoms with Gasteiger partial charge in [0.1, 0.15) is 0 Å². The zero-order valence-electron chi connectivity index (χ0n) is 13.8. The zero-order valence-corrected chi connectivity index (χ0v) is 13.8.